The molecule has 3 nitrogen and oxygen atoms in total. The summed E-state index contributed by atoms with van der Waals surface area (Å²) in [6, 6.07) is 7.46. The molecule has 0 saturated carbocycles. The van der Waals surface area contributed by atoms with Gasteiger partial charge >= 0.3 is 0 Å². The summed E-state index contributed by atoms with van der Waals surface area (Å²) in [7, 11) is 0. The molecule has 0 spiro atoms. The number of nitriles is 1. The van der Waals surface area contributed by atoms with Crippen LogP contribution in [0.5, 0.6) is 0 Å². The van der Waals surface area contributed by atoms with Crippen LogP contribution in [0.1, 0.15) is 25.3 Å². The van der Waals surface area contributed by atoms with Crippen LogP contribution in [0.25, 0.3) is 0 Å². The topological polar surface area (TPSA) is 47.9 Å². The first kappa shape index (κ1) is 12.2. The molecule has 90 valence electrons. The summed E-state index contributed by atoms with van der Waals surface area (Å²) >= 11 is 6.16. The number of anilines is 1. The van der Waals surface area contributed by atoms with Gasteiger partial charge in [0, 0.05) is 5.54 Å². The zero-order valence-electron chi connectivity index (χ0n) is 9.89. The zero-order valence-corrected chi connectivity index (χ0v) is 10.6. The third-order valence-corrected chi connectivity index (χ3v) is 3.55. The number of hydrogen-bond acceptors (Lipinski definition) is 3. The summed E-state index contributed by atoms with van der Waals surface area (Å²) < 4.78 is 0. The van der Waals surface area contributed by atoms with Crippen molar-refractivity contribution in [2.45, 2.75) is 25.3 Å². The van der Waals surface area contributed by atoms with Crippen LogP contribution in [0.2, 0.25) is 5.02 Å². The fourth-order valence-electron chi connectivity index (χ4n) is 2.11. The number of nitrogens with zero attached hydrogens (tertiary/aromatic N) is 1. The quantitative estimate of drug-likeness (QED) is 0.847. The van der Waals surface area contributed by atoms with Crippen molar-refractivity contribution in [2.75, 3.05) is 18.4 Å². The van der Waals surface area contributed by atoms with Gasteiger partial charge in [0.05, 0.1) is 22.3 Å². The van der Waals surface area contributed by atoms with Crippen molar-refractivity contribution in [2.24, 2.45) is 0 Å². The summed E-state index contributed by atoms with van der Waals surface area (Å²) in [6.45, 7) is 4.26. The van der Waals surface area contributed by atoms with Gasteiger partial charge in [0.2, 0.25) is 0 Å². The van der Waals surface area contributed by atoms with Gasteiger partial charge in [0.1, 0.15) is 0 Å². The first-order valence-corrected chi connectivity index (χ1v) is 6.19. The summed E-state index contributed by atoms with van der Waals surface area (Å²) in [5, 5.41) is 16.2. The van der Waals surface area contributed by atoms with Crippen LogP contribution in [0.15, 0.2) is 18.2 Å². The standard InChI is InChI=1S/C13H16ClN3/c1-13(4-6-16-7-5-13)17-12-3-2-10(9-15)8-11(12)14/h2-3,8,16-17H,4-7H2,1H3. The van der Waals surface area contributed by atoms with E-state index in [2.05, 4.69) is 23.6 Å². The van der Waals surface area contributed by atoms with Crippen molar-refractivity contribution >= 4 is 17.3 Å². The van der Waals surface area contributed by atoms with Crippen LogP contribution in [0, 0.1) is 11.3 Å². The van der Waals surface area contributed by atoms with Crippen LogP contribution in [-0.4, -0.2) is 18.6 Å². The van der Waals surface area contributed by atoms with Gasteiger partial charge in [0.15, 0.2) is 0 Å². The first-order chi connectivity index (χ1) is 8.13. The van der Waals surface area contributed by atoms with Crippen molar-refractivity contribution in [1.82, 2.24) is 5.32 Å². The van der Waals surface area contributed by atoms with Gasteiger partial charge in [-0.2, -0.15) is 5.26 Å². The van der Waals surface area contributed by atoms with E-state index in [9.17, 15) is 0 Å². The molecular formula is C13H16ClN3. The minimum absolute atomic E-state index is 0.0864. The average Bonchev–Trinajstić information content (AvgIpc) is 2.32. The van der Waals surface area contributed by atoms with Crippen LogP contribution < -0.4 is 10.6 Å². The Morgan fingerprint density at radius 2 is 2.12 bits per heavy atom. The zero-order chi connectivity index (χ0) is 12.3. The first-order valence-electron chi connectivity index (χ1n) is 5.81. The Kier molecular flexibility index (Phi) is 3.56. The maximum Gasteiger partial charge on any atom is 0.0992 e. The normalized spacial score (nSPS) is 18.4. The third-order valence-electron chi connectivity index (χ3n) is 3.24. The Balaban J connectivity index is 2.15. The highest BCUT2D eigenvalue weighted by atomic mass is 35.5. The Morgan fingerprint density at radius 3 is 2.71 bits per heavy atom. The fourth-order valence-corrected chi connectivity index (χ4v) is 2.34. The smallest absolute Gasteiger partial charge is 0.0992 e. The highest BCUT2D eigenvalue weighted by Gasteiger charge is 2.26. The Morgan fingerprint density at radius 1 is 1.41 bits per heavy atom. The van der Waals surface area contributed by atoms with Gasteiger partial charge < -0.3 is 10.6 Å². The number of rotatable bonds is 2. The van der Waals surface area contributed by atoms with E-state index in [1.807, 2.05) is 6.07 Å². The molecule has 1 aliphatic rings. The highest BCUT2D eigenvalue weighted by molar-refractivity contribution is 6.33. The number of piperidine rings is 1. The molecule has 0 atom stereocenters. The molecule has 2 rings (SSSR count). The maximum atomic E-state index is 8.79. The average molecular weight is 250 g/mol. The largest absolute Gasteiger partial charge is 0.379 e. The molecule has 0 unspecified atom stereocenters. The van der Waals surface area contributed by atoms with E-state index in [4.69, 9.17) is 16.9 Å². The Hall–Kier alpha value is -1.24. The van der Waals surface area contributed by atoms with Gasteiger partial charge in [-0.05, 0) is 51.1 Å². The fraction of sp³-hybridized carbons (Fsp3) is 0.462. The summed E-state index contributed by atoms with van der Waals surface area (Å²) in [6.07, 6.45) is 2.15. The Labute approximate surface area is 107 Å². The molecule has 1 fully saturated rings. The Bertz CT molecular complexity index is 444. The monoisotopic (exact) mass is 249 g/mol. The van der Waals surface area contributed by atoms with E-state index >= 15 is 0 Å². The van der Waals surface area contributed by atoms with E-state index < -0.39 is 0 Å². The molecule has 1 aromatic carbocycles. The lowest BCUT2D eigenvalue weighted by molar-refractivity contribution is 0.365. The lowest BCUT2D eigenvalue weighted by Crippen LogP contribution is -2.45. The van der Waals surface area contributed by atoms with Gasteiger partial charge in [-0.25, -0.2) is 0 Å². The van der Waals surface area contributed by atoms with E-state index in [1.54, 1.807) is 12.1 Å². The van der Waals surface area contributed by atoms with E-state index in [0.29, 0.717) is 10.6 Å². The lowest BCUT2D eigenvalue weighted by Gasteiger charge is -2.36. The van der Waals surface area contributed by atoms with Gasteiger partial charge in [-0.15, -0.1) is 0 Å². The second-order valence-corrected chi connectivity index (χ2v) is 5.15. The van der Waals surface area contributed by atoms with Crippen LogP contribution in [-0.2, 0) is 0 Å². The molecule has 17 heavy (non-hydrogen) atoms. The van der Waals surface area contributed by atoms with Crippen molar-refractivity contribution in [3.8, 4) is 6.07 Å². The minimum atomic E-state index is 0.0864. The second-order valence-electron chi connectivity index (χ2n) is 4.74. The van der Waals surface area contributed by atoms with Crippen molar-refractivity contribution in [3.63, 3.8) is 0 Å². The third kappa shape index (κ3) is 2.91. The molecule has 1 aliphatic heterocycles. The molecule has 1 saturated heterocycles. The van der Waals surface area contributed by atoms with E-state index in [1.165, 1.54) is 0 Å². The summed E-state index contributed by atoms with van der Waals surface area (Å²) in [5.41, 5.74) is 1.59. The number of benzene rings is 1. The predicted octanol–water partition coefficient (Wildman–Crippen LogP) is 2.77. The van der Waals surface area contributed by atoms with Crippen molar-refractivity contribution in [1.29, 1.82) is 5.26 Å². The molecule has 0 aromatic heterocycles. The minimum Gasteiger partial charge on any atom is -0.379 e. The lowest BCUT2D eigenvalue weighted by atomic mass is 9.90. The van der Waals surface area contributed by atoms with Gasteiger partial charge in [-0.1, -0.05) is 11.6 Å². The summed E-state index contributed by atoms with van der Waals surface area (Å²) in [5.74, 6) is 0. The van der Waals surface area contributed by atoms with Crippen LogP contribution in [0.4, 0.5) is 5.69 Å². The highest BCUT2D eigenvalue weighted by Crippen LogP contribution is 2.29. The molecule has 4 heteroatoms. The molecule has 0 radical (unpaired) electrons. The molecule has 1 aromatic rings. The molecule has 0 bridgehead atoms. The number of halogens is 1. The molecule has 0 amide bonds. The molecular weight excluding hydrogens is 234 g/mol. The van der Waals surface area contributed by atoms with Crippen molar-refractivity contribution < 1.29 is 0 Å². The number of hydrogen-bond donors (Lipinski definition) is 2. The SMILES string of the molecule is CC1(Nc2ccc(C#N)cc2Cl)CCNCC1. The van der Waals surface area contributed by atoms with E-state index in [-0.39, 0.29) is 5.54 Å². The maximum absolute atomic E-state index is 8.79. The van der Waals surface area contributed by atoms with Crippen molar-refractivity contribution in [3.05, 3.63) is 28.8 Å². The van der Waals surface area contributed by atoms with Crippen LogP contribution in [0.3, 0.4) is 0 Å². The van der Waals surface area contributed by atoms with Crippen LogP contribution >= 0.6 is 11.6 Å². The molecule has 2 N–H and O–H groups in total. The number of nitrogens with one attached hydrogen (secondary N) is 2. The molecule has 1 heterocycles. The van der Waals surface area contributed by atoms with E-state index in [0.717, 1.165) is 31.6 Å². The molecule has 0 aliphatic carbocycles. The van der Waals surface area contributed by atoms with Gasteiger partial charge in [0.25, 0.3) is 0 Å². The second kappa shape index (κ2) is 4.95. The summed E-state index contributed by atoms with van der Waals surface area (Å²) in [4.78, 5) is 0. The van der Waals surface area contributed by atoms with Gasteiger partial charge in [-0.3, -0.25) is 0 Å². The predicted molar refractivity (Wildman–Crippen MR) is 70.3 cm³/mol.